The van der Waals surface area contributed by atoms with Gasteiger partial charge in [0.05, 0.1) is 31.0 Å². The van der Waals surface area contributed by atoms with Crippen molar-refractivity contribution in [3.63, 3.8) is 0 Å². The van der Waals surface area contributed by atoms with Gasteiger partial charge in [-0.15, -0.1) is 0 Å². The lowest BCUT2D eigenvalue weighted by atomic mass is 9.90. The monoisotopic (exact) mass is 563 g/mol. The van der Waals surface area contributed by atoms with Crippen LogP contribution in [-0.4, -0.2) is 63.1 Å². The lowest BCUT2D eigenvalue weighted by Gasteiger charge is -2.35. The van der Waals surface area contributed by atoms with Gasteiger partial charge in [-0.1, -0.05) is 41.9 Å². The van der Waals surface area contributed by atoms with Crippen LogP contribution in [0.25, 0.3) is 0 Å². The Bertz CT molecular complexity index is 1530. The van der Waals surface area contributed by atoms with Crippen molar-refractivity contribution < 1.29 is 23.9 Å². The minimum Gasteiger partial charge on any atom is -0.436 e. The van der Waals surface area contributed by atoms with Crippen LogP contribution in [0.4, 0.5) is 15.3 Å². The van der Waals surface area contributed by atoms with Crippen molar-refractivity contribution in [3.05, 3.63) is 81.6 Å². The molecule has 206 valence electrons. The van der Waals surface area contributed by atoms with E-state index >= 15 is 0 Å². The lowest BCUT2D eigenvalue weighted by Crippen LogP contribution is -2.53. The van der Waals surface area contributed by atoms with E-state index in [2.05, 4.69) is 20.8 Å². The van der Waals surface area contributed by atoms with E-state index in [1.54, 1.807) is 23.1 Å². The third-order valence-corrected chi connectivity index (χ3v) is 7.83. The predicted molar refractivity (Wildman–Crippen MR) is 143 cm³/mol. The number of urea groups is 1. The van der Waals surface area contributed by atoms with Crippen molar-refractivity contribution in [2.24, 2.45) is 5.73 Å². The fourth-order valence-electron chi connectivity index (χ4n) is 5.64. The second kappa shape index (κ2) is 9.87. The number of anilines is 1. The number of fused-ring (bicyclic) bond motifs is 3. The lowest BCUT2D eigenvalue weighted by molar-refractivity contribution is -0.133. The summed E-state index contributed by atoms with van der Waals surface area (Å²) in [6.45, 7) is 0.771. The van der Waals surface area contributed by atoms with Crippen LogP contribution in [0.5, 0.6) is 0 Å². The van der Waals surface area contributed by atoms with E-state index < -0.39 is 29.7 Å². The number of H-pyrrole nitrogens is 1. The molecule has 4 heterocycles. The summed E-state index contributed by atoms with van der Waals surface area (Å²) in [6, 6.07) is 13.2. The number of aromatic nitrogens is 2. The molecule has 0 aliphatic carbocycles. The smallest absolute Gasteiger partial charge is 0.412 e. The molecule has 2 aromatic carbocycles. The molecule has 12 nitrogen and oxygen atoms in total. The van der Waals surface area contributed by atoms with Gasteiger partial charge in [-0.25, -0.2) is 9.59 Å². The Morgan fingerprint density at radius 3 is 2.73 bits per heavy atom. The summed E-state index contributed by atoms with van der Waals surface area (Å²) in [4.78, 5) is 54.5. The van der Waals surface area contributed by atoms with E-state index in [1.165, 1.54) is 4.90 Å². The number of ether oxygens (including phenoxy) is 1. The highest BCUT2D eigenvalue weighted by molar-refractivity contribution is 6.30. The summed E-state index contributed by atoms with van der Waals surface area (Å²) in [7, 11) is 0. The Morgan fingerprint density at radius 2 is 1.95 bits per heavy atom. The van der Waals surface area contributed by atoms with Crippen LogP contribution in [0, 0.1) is 0 Å². The second-order valence-corrected chi connectivity index (χ2v) is 10.6. The van der Waals surface area contributed by atoms with E-state index in [1.807, 2.05) is 30.3 Å². The van der Waals surface area contributed by atoms with Crippen LogP contribution in [-0.2, 0) is 34.6 Å². The number of hydrogen-bond acceptors (Lipinski definition) is 6. The third kappa shape index (κ3) is 4.60. The number of hydrogen-bond donors (Lipinski definition) is 4. The summed E-state index contributed by atoms with van der Waals surface area (Å²) in [5.41, 5.74) is 7.81. The summed E-state index contributed by atoms with van der Waals surface area (Å²) in [5, 5.41) is 12.8. The molecule has 0 saturated carbocycles. The van der Waals surface area contributed by atoms with Crippen LogP contribution >= 0.6 is 11.6 Å². The van der Waals surface area contributed by atoms with Gasteiger partial charge in [0.2, 0.25) is 5.91 Å². The average Bonchev–Trinajstić information content (AvgIpc) is 3.64. The molecular weight excluding hydrogens is 538 g/mol. The molecule has 1 spiro atoms. The fraction of sp³-hybridized carbons (Fsp3) is 0.296. The van der Waals surface area contributed by atoms with E-state index in [4.69, 9.17) is 22.1 Å². The highest BCUT2D eigenvalue weighted by Crippen LogP contribution is 2.44. The molecular formula is C27H26ClN7O5. The van der Waals surface area contributed by atoms with E-state index in [-0.39, 0.29) is 37.7 Å². The average molecular weight is 564 g/mol. The minimum absolute atomic E-state index is 0.0986. The molecule has 0 radical (unpaired) electrons. The zero-order valence-corrected chi connectivity index (χ0v) is 22.0. The number of benzene rings is 2. The first-order chi connectivity index (χ1) is 19.2. The number of primary amides is 1. The first kappa shape index (κ1) is 25.7. The Morgan fingerprint density at radius 1 is 1.15 bits per heavy atom. The van der Waals surface area contributed by atoms with Crippen molar-refractivity contribution in [3.8, 4) is 0 Å². The number of likely N-dealkylation sites (tertiary alicyclic amines) is 1. The largest absolute Gasteiger partial charge is 0.436 e. The van der Waals surface area contributed by atoms with Crippen molar-refractivity contribution in [2.75, 3.05) is 18.4 Å². The Labute approximate surface area is 233 Å². The van der Waals surface area contributed by atoms with Gasteiger partial charge < -0.3 is 25.6 Å². The van der Waals surface area contributed by atoms with Crippen molar-refractivity contribution in [2.45, 2.75) is 37.6 Å². The number of aromatic amines is 1. The second-order valence-electron chi connectivity index (χ2n) is 10.1. The van der Waals surface area contributed by atoms with Crippen LogP contribution in [0.2, 0.25) is 5.02 Å². The fourth-order valence-corrected chi connectivity index (χ4v) is 5.81. The molecule has 1 fully saturated rings. The molecule has 3 aliphatic heterocycles. The van der Waals surface area contributed by atoms with Gasteiger partial charge >= 0.3 is 12.1 Å². The molecule has 5 N–H and O–H groups in total. The molecule has 2 unspecified atom stereocenters. The van der Waals surface area contributed by atoms with Crippen LogP contribution in [0.15, 0.2) is 48.5 Å². The zero-order chi connectivity index (χ0) is 28.0. The van der Waals surface area contributed by atoms with Gasteiger partial charge in [0.25, 0.3) is 5.91 Å². The van der Waals surface area contributed by atoms with E-state index in [0.29, 0.717) is 40.5 Å². The van der Waals surface area contributed by atoms with Gasteiger partial charge in [0.15, 0.2) is 11.3 Å². The van der Waals surface area contributed by atoms with Gasteiger partial charge in [-0.2, -0.15) is 5.10 Å². The Hall–Kier alpha value is -4.58. The molecule has 6 rings (SSSR count). The first-order valence-electron chi connectivity index (χ1n) is 12.8. The maximum absolute atomic E-state index is 13.9. The number of carbonyl (C=O) groups is 4. The maximum Gasteiger partial charge on any atom is 0.412 e. The minimum atomic E-state index is -1.05. The van der Waals surface area contributed by atoms with E-state index in [9.17, 15) is 19.2 Å². The molecule has 3 aromatic rings. The van der Waals surface area contributed by atoms with Crippen molar-refractivity contribution in [1.82, 2.24) is 25.3 Å². The summed E-state index contributed by atoms with van der Waals surface area (Å²) in [5.74, 6) is -0.981. The number of halogens is 1. The van der Waals surface area contributed by atoms with Crippen LogP contribution < -0.4 is 16.4 Å². The maximum atomic E-state index is 13.9. The number of nitrogens with two attached hydrogens (primary N) is 1. The number of nitrogens with one attached hydrogen (secondary N) is 3. The normalized spacial score (nSPS) is 20.0. The van der Waals surface area contributed by atoms with Gasteiger partial charge in [-0.3, -0.25) is 20.0 Å². The zero-order valence-electron chi connectivity index (χ0n) is 21.3. The summed E-state index contributed by atoms with van der Waals surface area (Å²) >= 11 is 6.25. The van der Waals surface area contributed by atoms with Crippen molar-refractivity contribution in [1.29, 1.82) is 0 Å². The van der Waals surface area contributed by atoms with Gasteiger partial charge in [-0.05, 0) is 23.8 Å². The SMILES string of the molecule is NC(=O)c1n[nH]c2c1CN(C(=O)NC(Cc1ccccc1)C(=O)N1CCC3(C1)OC(=O)Nc1ccc(Cl)cc13)C2. The van der Waals surface area contributed by atoms with Crippen LogP contribution in [0.1, 0.15) is 39.3 Å². The summed E-state index contributed by atoms with van der Waals surface area (Å²) < 4.78 is 5.77. The number of rotatable bonds is 5. The molecule has 3 aliphatic rings. The third-order valence-electron chi connectivity index (χ3n) is 7.59. The van der Waals surface area contributed by atoms with Gasteiger partial charge in [0.1, 0.15) is 6.04 Å². The highest BCUT2D eigenvalue weighted by atomic mass is 35.5. The molecule has 5 amide bonds. The Kier molecular flexibility index (Phi) is 6.34. The summed E-state index contributed by atoms with van der Waals surface area (Å²) in [6.07, 6.45) is 0.0430. The quantitative estimate of drug-likeness (QED) is 0.372. The van der Waals surface area contributed by atoms with Crippen LogP contribution in [0.3, 0.4) is 0 Å². The van der Waals surface area contributed by atoms with Crippen molar-refractivity contribution >= 4 is 41.2 Å². The molecule has 1 saturated heterocycles. The molecule has 0 bridgehead atoms. The first-order valence-corrected chi connectivity index (χ1v) is 13.1. The molecule has 40 heavy (non-hydrogen) atoms. The predicted octanol–water partition coefficient (Wildman–Crippen LogP) is 2.49. The topological polar surface area (TPSA) is 163 Å². The van der Waals surface area contributed by atoms with E-state index in [0.717, 1.165) is 5.56 Å². The Balaban J connectivity index is 1.22. The molecule has 13 heteroatoms. The highest BCUT2D eigenvalue weighted by Gasteiger charge is 2.49. The number of amides is 5. The molecule has 2 atom stereocenters. The van der Waals surface area contributed by atoms with Gasteiger partial charge in [0, 0.05) is 35.5 Å². The number of carbonyl (C=O) groups excluding carboxylic acids is 4. The number of nitrogens with zero attached hydrogens (tertiary/aromatic N) is 3. The standard InChI is InChI=1S/C27H26ClN7O5/c28-16-6-7-19-18(11-16)27(40-26(39)31-19)8-9-34(14-27)24(37)20(10-15-4-2-1-3-5-15)30-25(38)35-12-17-21(13-35)32-33-22(17)23(29)36/h1-7,11,20H,8-10,12-14H2,(H2,29,36)(H,30,38)(H,31,39)(H,32,33). The molecule has 1 aromatic heterocycles.